The summed E-state index contributed by atoms with van der Waals surface area (Å²) in [7, 11) is -10.0. The highest BCUT2D eigenvalue weighted by molar-refractivity contribution is 7.47. The van der Waals surface area contributed by atoms with Gasteiger partial charge in [0, 0.05) is 25.7 Å². The zero-order chi connectivity index (χ0) is 77.4. The van der Waals surface area contributed by atoms with Crippen LogP contribution in [0.3, 0.4) is 0 Å². The van der Waals surface area contributed by atoms with E-state index in [0.717, 1.165) is 199 Å². The van der Waals surface area contributed by atoms with Gasteiger partial charge in [-0.3, -0.25) is 37.3 Å². The molecule has 0 aromatic heterocycles. The van der Waals surface area contributed by atoms with E-state index in [0.29, 0.717) is 32.1 Å². The van der Waals surface area contributed by atoms with E-state index in [2.05, 4.69) is 198 Å². The number of carbonyl (C=O) groups excluding carboxylic acids is 4. The minimum Gasteiger partial charge on any atom is -0.462 e. The normalized spacial score (nSPS) is 14.8. The van der Waals surface area contributed by atoms with Crippen LogP contribution in [0.25, 0.3) is 0 Å². The minimum absolute atomic E-state index is 0.0473. The number of hydrogen-bond donors (Lipinski definition) is 3. The molecule has 0 aromatic carbocycles. The molecule has 0 bridgehead atoms. The largest absolute Gasteiger partial charge is 0.472 e. The van der Waals surface area contributed by atoms with Crippen molar-refractivity contribution in [3.8, 4) is 0 Å². The zero-order valence-electron chi connectivity index (χ0n) is 65.5. The fourth-order valence-corrected chi connectivity index (χ4v) is 11.4. The molecule has 0 fully saturated rings. The van der Waals surface area contributed by atoms with Crippen molar-refractivity contribution in [1.29, 1.82) is 0 Å². The molecule has 5 unspecified atom stereocenters. The molecule has 106 heavy (non-hydrogen) atoms. The highest BCUT2D eigenvalue weighted by Gasteiger charge is 2.30. The first-order valence-corrected chi connectivity index (χ1v) is 43.0. The van der Waals surface area contributed by atoms with Gasteiger partial charge in [0.05, 0.1) is 26.4 Å². The molecule has 0 spiro atoms. The van der Waals surface area contributed by atoms with Gasteiger partial charge in [-0.1, -0.05) is 274 Å². The van der Waals surface area contributed by atoms with E-state index in [1.54, 1.807) is 0 Å². The Hall–Kier alpha value is -5.84. The number of carbonyl (C=O) groups is 4. The second kappa shape index (κ2) is 77.3. The molecule has 0 saturated carbocycles. The summed E-state index contributed by atoms with van der Waals surface area (Å²) in [6.07, 6.45) is 93.0. The second-order valence-corrected chi connectivity index (χ2v) is 28.8. The molecular formula is C87H140O17P2. The van der Waals surface area contributed by atoms with Gasteiger partial charge in [0.15, 0.2) is 12.2 Å². The van der Waals surface area contributed by atoms with E-state index >= 15 is 0 Å². The van der Waals surface area contributed by atoms with E-state index < -0.39 is 97.5 Å². The average Bonchev–Trinajstić information content (AvgIpc) is 0.902. The van der Waals surface area contributed by atoms with E-state index in [9.17, 15) is 43.2 Å². The molecule has 600 valence electrons. The summed E-state index contributed by atoms with van der Waals surface area (Å²) in [4.78, 5) is 73.1. The third-order valence-electron chi connectivity index (χ3n) is 15.8. The summed E-state index contributed by atoms with van der Waals surface area (Å²) >= 11 is 0. The average molecular weight is 1520 g/mol. The Bertz CT molecular complexity index is 2730. The molecule has 0 amide bonds. The lowest BCUT2D eigenvalue weighted by Crippen LogP contribution is -2.30. The van der Waals surface area contributed by atoms with Crippen molar-refractivity contribution >= 4 is 39.5 Å². The quantitative estimate of drug-likeness (QED) is 0.0169. The predicted molar refractivity (Wildman–Crippen MR) is 436 cm³/mol. The number of esters is 4. The molecule has 0 heterocycles. The lowest BCUT2D eigenvalue weighted by Gasteiger charge is -2.21. The van der Waals surface area contributed by atoms with E-state index in [1.807, 2.05) is 12.2 Å². The van der Waals surface area contributed by atoms with Crippen molar-refractivity contribution in [2.75, 3.05) is 39.6 Å². The van der Waals surface area contributed by atoms with Gasteiger partial charge in [0.2, 0.25) is 0 Å². The van der Waals surface area contributed by atoms with Gasteiger partial charge in [-0.25, -0.2) is 9.13 Å². The molecule has 0 rings (SSSR count). The van der Waals surface area contributed by atoms with Crippen LogP contribution in [0.15, 0.2) is 182 Å². The van der Waals surface area contributed by atoms with Crippen molar-refractivity contribution in [2.45, 2.75) is 303 Å². The number of aliphatic hydroxyl groups excluding tert-OH is 1. The number of phosphoric ester groups is 2. The minimum atomic E-state index is -5.01. The molecular weight excluding hydrogens is 1380 g/mol. The Kier molecular flexibility index (Phi) is 73.1. The summed E-state index contributed by atoms with van der Waals surface area (Å²) in [5.41, 5.74) is 0. The van der Waals surface area contributed by atoms with Gasteiger partial charge in [-0.2, -0.15) is 0 Å². The van der Waals surface area contributed by atoms with Crippen LogP contribution in [0.5, 0.6) is 0 Å². The first kappa shape index (κ1) is 100. The predicted octanol–water partition coefficient (Wildman–Crippen LogP) is 23.6. The van der Waals surface area contributed by atoms with Gasteiger partial charge in [-0.15, -0.1) is 0 Å². The van der Waals surface area contributed by atoms with Gasteiger partial charge in [0.1, 0.15) is 19.3 Å². The smallest absolute Gasteiger partial charge is 0.462 e. The number of aliphatic hydroxyl groups is 1. The van der Waals surface area contributed by atoms with Crippen molar-refractivity contribution < 1.29 is 80.2 Å². The Morgan fingerprint density at radius 2 is 0.500 bits per heavy atom. The lowest BCUT2D eigenvalue weighted by atomic mass is 10.1. The molecule has 0 aliphatic carbocycles. The SMILES string of the molecule is CC/C=C\C/C=C\C/C=C\C/C=C\C/C=C\CCCC(=O)OCC(COP(=O)(O)OCC(O)COP(=O)(O)OCC(COC(=O)CCCCCCCC/C=C\C/C=C\C/C=C\C/C=C\CC)OC(=O)CCCCCCC/C=C\C/C=C\CCC)OC(=O)CCCCCC/C=C\C/C=C\C/C=C\C/C=C\CC. The number of hydrogen-bond acceptors (Lipinski definition) is 15. The molecule has 3 N–H and O–H groups in total. The number of rotatable bonds is 73. The summed E-state index contributed by atoms with van der Waals surface area (Å²) in [6.45, 7) is 4.32. The van der Waals surface area contributed by atoms with Crippen LogP contribution in [0.1, 0.15) is 285 Å². The first-order chi connectivity index (χ1) is 51.7. The van der Waals surface area contributed by atoms with E-state index in [4.69, 9.17) is 37.0 Å². The summed E-state index contributed by atoms with van der Waals surface area (Å²) in [5, 5.41) is 10.6. The standard InChI is InChI=1S/C87H140O17P2/c1-5-9-13-17-21-25-29-33-36-39-40-43-45-49-52-56-60-64-68-72-85(90)97-77-82(103-86(91)73-69-65-61-57-53-47-32-28-24-20-16-12-8-4)79-101-105(93,94)99-75-81(88)76-100-106(95,96)102-80-83(104-87(92)74-70-66-62-58-54-50-46-42-38-35-31-27-23-19-15-11-7-3)78-98-84(89)71-67-63-59-55-51-48-44-41-37-34-30-26-22-18-14-10-6-2/h9-11,13-16,20-23,25-28,32-38,40,43-44,46,48,50,55,59,81-83,88H,5-8,12,17-19,24,29-31,39,41-42,45,47,49,51-54,56-58,60-80H2,1-4H3,(H,93,94)(H,95,96)/b13-9-,14-10-,15-11-,20-16-,25-21-,26-22-,27-23-,32-28-,36-33-,37-34-,38-35-,43-40-,48-44-,50-46-,59-55-. The number of ether oxygens (including phenoxy) is 4. The molecule has 0 aliphatic rings. The maximum Gasteiger partial charge on any atom is 0.472 e. The maximum atomic E-state index is 13.1. The lowest BCUT2D eigenvalue weighted by molar-refractivity contribution is -0.161. The van der Waals surface area contributed by atoms with Gasteiger partial charge < -0.3 is 33.8 Å². The highest BCUT2D eigenvalue weighted by atomic mass is 31.2. The Morgan fingerprint density at radius 1 is 0.274 bits per heavy atom. The van der Waals surface area contributed by atoms with Crippen LogP contribution < -0.4 is 0 Å². The summed E-state index contributed by atoms with van der Waals surface area (Å²) in [5.74, 6) is -2.32. The molecule has 5 atom stereocenters. The number of unbranched alkanes of at least 4 members (excludes halogenated alkanes) is 17. The third kappa shape index (κ3) is 76.4. The van der Waals surface area contributed by atoms with Gasteiger partial charge in [-0.05, 0) is 167 Å². The van der Waals surface area contributed by atoms with Crippen LogP contribution in [-0.4, -0.2) is 96.7 Å². The monoisotopic (exact) mass is 1520 g/mol. The van der Waals surface area contributed by atoms with E-state index in [-0.39, 0.29) is 25.7 Å². The first-order valence-electron chi connectivity index (χ1n) is 40.0. The Balaban J connectivity index is 5.46. The van der Waals surface area contributed by atoms with Crippen LogP contribution in [0, 0.1) is 0 Å². The van der Waals surface area contributed by atoms with Crippen molar-refractivity contribution in [2.24, 2.45) is 0 Å². The molecule has 17 nitrogen and oxygen atoms in total. The molecule has 0 aliphatic heterocycles. The fourth-order valence-electron chi connectivity index (χ4n) is 9.86. The number of phosphoric acid groups is 2. The zero-order valence-corrected chi connectivity index (χ0v) is 67.3. The van der Waals surface area contributed by atoms with Crippen molar-refractivity contribution in [3.63, 3.8) is 0 Å². The number of allylic oxidation sites excluding steroid dienone is 30. The molecule has 0 radical (unpaired) electrons. The Morgan fingerprint density at radius 3 is 0.792 bits per heavy atom. The van der Waals surface area contributed by atoms with Crippen molar-refractivity contribution in [1.82, 2.24) is 0 Å². The topological polar surface area (TPSA) is 237 Å². The Labute approximate surface area is 641 Å². The van der Waals surface area contributed by atoms with Gasteiger partial charge >= 0.3 is 39.5 Å². The van der Waals surface area contributed by atoms with Crippen LogP contribution >= 0.6 is 15.6 Å². The molecule has 0 aromatic rings. The van der Waals surface area contributed by atoms with E-state index in [1.165, 1.54) is 0 Å². The summed E-state index contributed by atoms with van der Waals surface area (Å²) < 4.78 is 68.5. The highest BCUT2D eigenvalue weighted by Crippen LogP contribution is 2.45. The van der Waals surface area contributed by atoms with Crippen LogP contribution in [0.2, 0.25) is 0 Å². The summed E-state index contributed by atoms with van der Waals surface area (Å²) in [6, 6.07) is 0. The van der Waals surface area contributed by atoms with Crippen molar-refractivity contribution in [3.05, 3.63) is 182 Å². The maximum absolute atomic E-state index is 13.1. The molecule has 0 saturated heterocycles. The fraction of sp³-hybridized carbons (Fsp3) is 0.609. The second-order valence-electron chi connectivity index (χ2n) is 25.9. The van der Waals surface area contributed by atoms with Gasteiger partial charge in [0.25, 0.3) is 0 Å². The van der Waals surface area contributed by atoms with Crippen LogP contribution in [0.4, 0.5) is 0 Å². The molecule has 19 heteroatoms. The third-order valence-corrected chi connectivity index (χ3v) is 17.7. The van der Waals surface area contributed by atoms with Crippen LogP contribution in [-0.2, 0) is 65.4 Å².